The lowest BCUT2D eigenvalue weighted by Crippen LogP contribution is -2.19. The van der Waals surface area contributed by atoms with Crippen molar-refractivity contribution in [2.24, 2.45) is 0 Å². The zero-order valence-electron chi connectivity index (χ0n) is 11.7. The number of rotatable bonds is 2. The molecule has 2 aromatic rings. The van der Waals surface area contributed by atoms with Crippen LogP contribution in [0.4, 0.5) is 0 Å². The Hall–Kier alpha value is -2.00. The number of aliphatic hydroxyl groups is 1. The van der Waals surface area contributed by atoms with Crippen molar-refractivity contribution >= 4 is 0 Å². The Morgan fingerprint density at radius 1 is 1.15 bits per heavy atom. The van der Waals surface area contributed by atoms with Gasteiger partial charge in [-0.05, 0) is 36.2 Å². The van der Waals surface area contributed by atoms with Crippen molar-refractivity contribution in [3.05, 3.63) is 59.2 Å². The maximum atomic E-state index is 10.4. The highest BCUT2D eigenvalue weighted by Gasteiger charge is 2.29. The average molecular weight is 270 g/mol. The minimum Gasteiger partial charge on any atom is -0.497 e. The van der Waals surface area contributed by atoms with Gasteiger partial charge in [0.2, 0.25) is 0 Å². The Bertz CT molecular complexity index is 621. The van der Waals surface area contributed by atoms with Crippen LogP contribution in [0.2, 0.25) is 0 Å². The van der Waals surface area contributed by atoms with Gasteiger partial charge in [0, 0.05) is 12.0 Å². The lowest BCUT2D eigenvalue weighted by Gasteiger charge is -2.31. The van der Waals surface area contributed by atoms with E-state index in [9.17, 15) is 5.11 Å². The second kappa shape index (κ2) is 5.17. The first-order chi connectivity index (χ1) is 9.69. The topological polar surface area (TPSA) is 38.7 Å². The van der Waals surface area contributed by atoms with Crippen LogP contribution in [0.25, 0.3) is 0 Å². The van der Waals surface area contributed by atoms with E-state index in [-0.39, 0.29) is 6.10 Å². The normalized spacial score (nSPS) is 20.9. The van der Waals surface area contributed by atoms with Crippen LogP contribution in [0.15, 0.2) is 42.5 Å². The summed E-state index contributed by atoms with van der Waals surface area (Å²) in [6, 6.07) is 13.7. The molecule has 1 N–H and O–H groups in total. The van der Waals surface area contributed by atoms with E-state index in [2.05, 4.69) is 19.1 Å². The number of hydrogen-bond donors (Lipinski definition) is 1. The van der Waals surface area contributed by atoms with Crippen molar-refractivity contribution < 1.29 is 14.6 Å². The van der Waals surface area contributed by atoms with Crippen LogP contribution in [0.5, 0.6) is 11.5 Å². The van der Waals surface area contributed by atoms with E-state index >= 15 is 0 Å². The fourth-order valence-corrected chi connectivity index (χ4v) is 2.69. The highest BCUT2D eigenvalue weighted by atomic mass is 16.5. The molecule has 2 aromatic carbocycles. The minimum absolute atomic E-state index is 0.105. The fourth-order valence-electron chi connectivity index (χ4n) is 2.69. The van der Waals surface area contributed by atoms with Crippen molar-refractivity contribution in [3.8, 4) is 11.5 Å². The van der Waals surface area contributed by atoms with Gasteiger partial charge in [0.15, 0.2) is 0 Å². The molecule has 0 fully saturated rings. The van der Waals surface area contributed by atoms with Crippen molar-refractivity contribution in [1.29, 1.82) is 0 Å². The van der Waals surface area contributed by atoms with E-state index in [0.29, 0.717) is 6.42 Å². The average Bonchev–Trinajstić information content (AvgIpc) is 2.47. The van der Waals surface area contributed by atoms with Gasteiger partial charge in [0.25, 0.3) is 0 Å². The van der Waals surface area contributed by atoms with Gasteiger partial charge in [-0.25, -0.2) is 0 Å². The zero-order valence-corrected chi connectivity index (χ0v) is 11.7. The van der Waals surface area contributed by atoms with Gasteiger partial charge in [0.05, 0.1) is 13.2 Å². The molecule has 3 nitrogen and oxygen atoms in total. The van der Waals surface area contributed by atoms with E-state index in [4.69, 9.17) is 9.47 Å². The molecule has 0 aliphatic carbocycles. The lowest BCUT2D eigenvalue weighted by atomic mass is 9.93. The van der Waals surface area contributed by atoms with Crippen LogP contribution >= 0.6 is 0 Å². The van der Waals surface area contributed by atoms with Crippen LogP contribution in [0.3, 0.4) is 0 Å². The number of benzene rings is 2. The second-order valence-corrected chi connectivity index (χ2v) is 5.12. The third kappa shape index (κ3) is 2.25. The molecule has 104 valence electrons. The molecule has 1 unspecified atom stereocenters. The number of fused-ring (bicyclic) bond motifs is 1. The molecule has 1 heterocycles. The summed E-state index contributed by atoms with van der Waals surface area (Å²) in [6.07, 6.45) is -0.0732. The molecule has 1 aliphatic rings. The summed E-state index contributed by atoms with van der Waals surface area (Å²) in [4.78, 5) is 0. The predicted octanol–water partition coefficient (Wildman–Crippen LogP) is 3.56. The number of methoxy groups -OCH3 is 1. The van der Waals surface area contributed by atoms with Gasteiger partial charge in [-0.1, -0.05) is 24.3 Å². The van der Waals surface area contributed by atoms with Crippen LogP contribution in [-0.2, 0) is 0 Å². The summed E-state index contributed by atoms with van der Waals surface area (Å²) in [5.41, 5.74) is 3.11. The number of hydrogen-bond acceptors (Lipinski definition) is 3. The van der Waals surface area contributed by atoms with Crippen LogP contribution < -0.4 is 9.47 Å². The standard InChI is InChI=1S/C17H18O3/c1-11-5-3-4-6-13(11)17-10-15(18)14-9-12(19-2)7-8-16(14)20-17/h3-9,15,17-18H,10H2,1-2H3/t15-,17?/m0/s1. The molecular formula is C17H18O3. The van der Waals surface area contributed by atoms with Gasteiger partial charge in [-0.2, -0.15) is 0 Å². The summed E-state index contributed by atoms with van der Waals surface area (Å²) < 4.78 is 11.2. The predicted molar refractivity (Wildman–Crippen MR) is 77.1 cm³/mol. The summed E-state index contributed by atoms with van der Waals surface area (Å²) in [5.74, 6) is 1.47. The van der Waals surface area contributed by atoms with Crippen molar-refractivity contribution in [2.75, 3.05) is 7.11 Å². The number of aliphatic hydroxyl groups excluding tert-OH is 1. The lowest BCUT2D eigenvalue weighted by molar-refractivity contribution is 0.0652. The third-order valence-corrected chi connectivity index (χ3v) is 3.82. The molecule has 0 bridgehead atoms. The smallest absolute Gasteiger partial charge is 0.127 e. The monoisotopic (exact) mass is 270 g/mol. The quantitative estimate of drug-likeness (QED) is 0.906. The third-order valence-electron chi connectivity index (χ3n) is 3.82. The minimum atomic E-state index is -0.529. The van der Waals surface area contributed by atoms with Crippen molar-refractivity contribution in [1.82, 2.24) is 0 Å². The Morgan fingerprint density at radius 2 is 1.95 bits per heavy atom. The first-order valence-electron chi connectivity index (χ1n) is 6.77. The highest BCUT2D eigenvalue weighted by molar-refractivity contribution is 5.44. The maximum Gasteiger partial charge on any atom is 0.127 e. The van der Waals surface area contributed by atoms with Gasteiger partial charge >= 0.3 is 0 Å². The highest BCUT2D eigenvalue weighted by Crippen LogP contribution is 2.42. The number of aryl methyl sites for hydroxylation is 1. The summed E-state index contributed by atoms with van der Waals surface area (Å²) >= 11 is 0. The summed E-state index contributed by atoms with van der Waals surface area (Å²) in [7, 11) is 1.62. The number of ether oxygens (including phenoxy) is 2. The molecule has 1 aliphatic heterocycles. The summed E-state index contributed by atoms with van der Waals surface area (Å²) in [5, 5.41) is 10.4. The molecular weight excluding hydrogens is 252 g/mol. The first-order valence-corrected chi connectivity index (χ1v) is 6.77. The molecule has 0 amide bonds. The molecule has 2 atom stereocenters. The zero-order chi connectivity index (χ0) is 14.1. The van der Waals surface area contributed by atoms with E-state index in [1.165, 1.54) is 5.56 Å². The molecule has 0 spiro atoms. The SMILES string of the molecule is COc1ccc2c(c1)[C@@H](O)CC(c1ccccc1C)O2. The van der Waals surface area contributed by atoms with Gasteiger partial charge in [-0.15, -0.1) is 0 Å². The molecule has 0 radical (unpaired) electrons. The molecule has 0 aromatic heterocycles. The Kier molecular flexibility index (Phi) is 3.36. The fraction of sp³-hybridized carbons (Fsp3) is 0.294. The molecule has 20 heavy (non-hydrogen) atoms. The van der Waals surface area contributed by atoms with Gasteiger partial charge in [-0.3, -0.25) is 0 Å². The van der Waals surface area contributed by atoms with E-state index in [1.807, 2.05) is 30.3 Å². The Labute approximate surface area is 118 Å². The Balaban J connectivity index is 1.95. The van der Waals surface area contributed by atoms with E-state index < -0.39 is 6.10 Å². The van der Waals surface area contributed by atoms with E-state index in [1.54, 1.807) is 7.11 Å². The molecule has 3 rings (SSSR count). The van der Waals surface area contributed by atoms with Crippen LogP contribution in [0, 0.1) is 6.92 Å². The van der Waals surface area contributed by atoms with E-state index in [0.717, 1.165) is 22.6 Å². The summed E-state index contributed by atoms with van der Waals surface area (Å²) in [6.45, 7) is 2.06. The second-order valence-electron chi connectivity index (χ2n) is 5.12. The van der Waals surface area contributed by atoms with Gasteiger partial charge < -0.3 is 14.6 Å². The van der Waals surface area contributed by atoms with Crippen LogP contribution in [-0.4, -0.2) is 12.2 Å². The van der Waals surface area contributed by atoms with Crippen molar-refractivity contribution in [2.45, 2.75) is 25.6 Å². The Morgan fingerprint density at radius 3 is 2.70 bits per heavy atom. The first kappa shape index (κ1) is 13.0. The maximum absolute atomic E-state index is 10.4. The largest absolute Gasteiger partial charge is 0.497 e. The van der Waals surface area contributed by atoms with Gasteiger partial charge in [0.1, 0.15) is 17.6 Å². The molecule has 3 heteroatoms. The molecule has 0 saturated heterocycles. The van der Waals surface area contributed by atoms with Crippen LogP contribution in [0.1, 0.15) is 35.3 Å². The molecule has 0 saturated carbocycles. The van der Waals surface area contributed by atoms with Crippen molar-refractivity contribution in [3.63, 3.8) is 0 Å².